The van der Waals surface area contributed by atoms with Gasteiger partial charge in [-0.05, 0) is 80.7 Å². The van der Waals surface area contributed by atoms with Crippen molar-refractivity contribution < 1.29 is 9.66 Å². The molecule has 4 rings (SSSR count). The van der Waals surface area contributed by atoms with Crippen LogP contribution < -0.4 is 4.74 Å². The minimum absolute atomic E-state index is 0.124. The molecule has 0 spiro atoms. The fraction of sp³-hybridized carbons (Fsp3) is 0.318. The number of halogens is 1. The van der Waals surface area contributed by atoms with Gasteiger partial charge in [-0.1, -0.05) is 0 Å². The van der Waals surface area contributed by atoms with E-state index < -0.39 is 4.92 Å². The smallest absolute Gasteiger partial charge is 0.406 e. The van der Waals surface area contributed by atoms with Crippen LogP contribution in [0.1, 0.15) is 35.0 Å². The highest BCUT2D eigenvalue weighted by Crippen LogP contribution is 2.37. The van der Waals surface area contributed by atoms with Crippen molar-refractivity contribution >= 4 is 47.3 Å². The SMILES string of the molecule is CN1CCC(c2ncc(-c3cnc([N+](=O)[O-])c(OCc4ccnc(C#CSI)c4)c3)s2)CC1. The number of piperidine rings is 1. The average Bonchev–Trinajstić information content (AvgIpc) is 3.32. The van der Waals surface area contributed by atoms with Crippen molar-refractivity contribution in [2.45, 2.75) is 25.4 Å². The van der Waals surface area contributed by atoms with Gasteiger partial charge in [0, 0.05) is 51.1 Å². The summed E-state index contributed by atoms with van der Waals surface area (Å²) in [5, 5.41) is 15.5. The summed E-state index contributed by atoms with van der Waals surface area (Å²) < 4.78 is 5.83. The Balaban J connectivity index is 1.53. The van der Waals surface area contributed by atoms with Gasteiger partial charge >= 0.3 is 5.82 Å². The maximum absolute atomic E-state index is 11.5. The van der Waals surface area contributed by atoms with Crippen LogP contribution in [0.15, 0.2) is 36.8 Å². The van der Waals surface area contributed by atoms with Gasteiger partial charge < -0.3 is 19.8 Å². The second kappa shape index (κ2) is 11.2. The van der Waals surface area contributed by atoms with E-state index in [2.05, 4.69) is 59.3 Å². The molecule has 3 aromatic rings. The van der Waals surface area contributed by atoms with E-state index in [0.29, 0.717) is 11.6 Å². The molecule has 0 amide bonds. The van der Waals surface area contributed by atoms with Gasteiger partial charge in [-0.15, -0.1) is 11.3 Å². The standard InChI is InChI=1S/C22H20IN5O3S2/c1-27-7-3-16(4-8-27)22-26-13-20(33-22)17-11-19(21(25-12-17)28(29)30)31-14-15-2-6-24-18(10-15)5-9-32-23/h2,6,10-13,16H,3-4,7-8,14H2,1H3. The van der Waals surface area contributed by atoms with Crippen LogP contribution in [0.4, 0.5) is 5.82 Å². The highest BCUT2D eigenvalue weighted by atomic mass is 127. The first kappa shape index (κ1) is 23.9. The van der Waals surface area contributed by atoms with Crippen LogP contribution in [0.3, 0.4) is 0 Å². The number of aromatic nitrogens is 3. The summed E-state index contributed by atoms with van der Waals surface area (Å²) in [7, 11) is 3.51. The van der Waals surface area contributed by atoms with Gasteiger partial charge in [0.15, 0.2) is 0 Å². The molecule has 0 bridgehead atoms. The number of likely N-dealkylation sites (tertiary alicyclic amines) is 1. The van der Waals surface area contributed by atoms with Gasteiger partial charge in [-0.2, -0.15) is 0 Å². The maximum atomic E-state index is 11.5. The first-order valence-electron chi connectivity index (χ1n) is 10.2. The molecule has 170 valence electrons. The molecule has 4 heterocycles. The summed E-state index contributed by atoms with van der Waals surface area (Å²) in [6, 6.07) is 5.27. The molecule has 0 N–H and O–H groups in total. The minimum Gasteiger partial charge on any atom is -0.481 e. The predicted octanol–water partition coefficient (Wildman–Crippen LogP) is 5.29. The minimum atomic E-state index is -0.531. The lowest BCUT2D eigenvalue weighted by Crippen LogP contribution is -2.29. The topological polar surface area (TPSA) is 94.3 Å². The number of thiazole rings is 1. The second-order valence-corrected chi connectivity index (χ2v) is 10.3. The molecule has 33 heavy (non-hydrogen) atoms. The molecule has 0 atom stereocenters. The van der Waals surface area contributed by atoms with Crippen molar-refractivity contribution in [3.8, 4) is 27.4 Å². The Labute approximate surface area is 211 Å². The number of pyridine rings is 2. The van der Waals surface area contributed by atoms with E-state index in [-0.39, 0.29) is 18.2 Å². The molecule has 1 fully saturated rings. The van der Waals surface area contributed by atoms with E-state index >= 15 is 0 Å². The van der Waals surface area contributed by atoms with Crippen molar-refractivity contribution in [2.75, 3.05) is 20.1 Å². The Morgan fingerprint density at radius 3 is 2.88 bits per heavy atom. The molecular formula is C22H20IN5O3S2. The van der Waals surface area contributed by atoms with Crippen molar-refractivity contribution in [1.29, 1.82) is 0 Å². The number of rotatable bonds is 6. The monoisotopic (exact) mass is 593 g/mol. The normalized spacial score (nSPS) is 14.5. The lowest BCUT2D eigenvalue weighted by molar-refractivity contribution is -0.390. The molecule has 0 radical (unpaired) electrons. The highest BCUT2D eigenvalue weighted by molar-refractivity contribution is 14.2. The van der Waals surface area contributed by atoms with E-state index in [4.69, 9.17) is 4.74 Å². The summed E-state index contributed by atoms with van der Waals surface area (Å²) in [6.07, 6.45) is 7.16. The summed E-state index contributed by atoms with van der Waals surface area (Å²) in [6.45, 7) is 2.27. The zero-order valence-corrected chi connectivity index (χ0v) is 21.5. The Kier molecular flexibility index (Phi) is 8.13. The van der Waals surface area contributed by atoms with Gasteiger partial charge in [-0.25, -0.2) is 9.97 Å². The van der Waals surface area contributed by atoms with Crippen molar-refractivity contribution in [3.05, 3.63) is 63.2 Å². The van der Waals surface area contributed by atoms with Crippen LogP contribution >= 0.6 is 41.5 Å². The number of nitrogens with zero attached hydrogens (tertiary/aromatic N) is 5. The molecule has 0 aromatic carbocycles. The summed E-state index contributed by atoms with van der Waals surface area (Å²) in [4.78, 5) is 27.1. The lowest BCUT2D eigenvalue weighted by Gasteiger charge is -2.27. The molecule has 0 aliphatic carbocycles. The van der Waals surface area contributed by atoms with Crippen LogP contribution in [0.5, 0.6) is 5.75 Å². The predicted molar refractivity (Wildman–Crippen MR) is 139 cm³/mol. The summed E-state index contributed by atoms with van der Waals surface area (Å²) in [5.41, 5.74) is 2.19. The Hall–Kier alpha value is -2.27. The second-order valence-electron chi connectivity index (χ2n) is 7.59. The Bertz CT molecular complexity index is 1200. The van der Waals surface area contributed by atoms with E-state index in [1.165, 1.54) is 15.1 Å². The zero-order chi connectivity index (χ0) is 23.2. The van der Waals surface area contributed by atoms with E-state index in [9.17, 15) is 10.1 Å². The number of hydrogen-bond acceptors (Lipinski definition) is 9. The fourth-order valence-corrected chi connectivity index (χ4v) is 5.09. The molecule has 11 heteroatoms. The molecule has 3 aromatic heterocycles. The molecule has 0 saturated carbocycles. The summed E-state index contributed by atoms with van der Waals surface area (Å²) >= 11 is 3.71. The van der Waals surface area contributed by atoms with Crippen molar-refractivity contribution in [2.24, 2.45) is 0 Å². The summed E-state index contributed by atoms with van der Waals surface area (Å²) in [5.74, 6) is 3.20. The van der Waals surface area contributed by atoms with Crippen LogP contribution in [-0.2, 0) is 6.61 Å². The van der Waals surface area contributed by atoms with E-state index in [0.717, 1.165) is 46.9 Å². The third-order valence-corrected chi connectivity index (χ3v) is 7.37. The van der Waals surface area contributed by atoms with E-state index in [1.54, 1.807) is 35.7 Å². The first-order valence-corrected chi connectivity index (χ1v) is 14.4. The van der Waals surface area contributed by atoms with Gasteiger partial charge in [0.2, 0.25) is 5.75 Å². The van der Waals surface area contributed by atoms with Crippen LogP contribution in [0.25, 0.3) is 10.4 Å². The average molecular weight is 593 g/mol. The lowest BCUT2D eigenvalue weighted by atomic mass is 9.98. The van der Waals surface area contributed by atoms with Crippen LogP contribution in [0, 0.1) is 21.3 Å². The molecule has 8 nitrogen and oxygen atoms in total. The van der Waals surface area contributed by atoms with Gasteiger partial charge in [0.1, 0.15) is 18.5 Å². The third kappa shape index (κ3) is 6.20. The Morgan fingerprint density at radius 1 is 1.30 bits per heavy atom. The number of nitro groups is 1. The fourth-order valence-electron chi connectivity index (χ4n) is 3.55. The Morgan fingerprint density at radius 2 is 2.12 bits per heavy atom. The van der Waals surface area contributed by atoms with Gasteiger partial charge in [0.05, 0.1) is 9.88 Å². The molecular weight excluding hydrogens is 573 g/mol. The first-order chi connectivity index (χ1) is 16.0. The molecule has 1 aliphatic rings. The van der Waals surface area contributed by atoms with Crippen molar-refractivity contribution in [3.63, 3.8) is 0 Å². The molecule has 0 unspecified atom stereocenters. The third-order valence-electron chi connectivity index (χ3n) is 5.32. The van der Waals surface area contributed by atoms with Gasteiger partial charge in [-0.3, -0.25) is 0 Å². The van der Waals surface area contributed by atoms with Crippen LogP contribution in [0.2, 0.25) is 0 Å². The molecule has 1 saturated heterocycles. The molecule has 1 aliphatic heterocycles. The van der Waals surface area contributed by atoms with E-state index in [1.807, 2.05) is 6.20 Å². The number of hydrogen-bond donors (Lipinski definition) is 0. The van der Waals surface area contributed by atoms with Crippen LogP contribution in [-0.4, -0.2) is 44.9 Å². The number of ether oxygens (including phenoxy) is 1. The van der Waals surface area contributed by atoms with Crippen molar-refractivity contribution in [1.82, 2.24) is 19.9 Å². The largest absolute Gasteiger partial charge is 0.481 e. The highest BCUT2D eigenvalue weighted by Gasteiger charge is 2.23. The van der Waals surface area contributed by atoms with Gasteiger partial charge in [0.25, 0.3) is 0 Å². The maximum Gasteiger partial charge on any atom is 0.406 e. The quantitative estimate of drug-likeness (QED) is 0.165. The zero-order valence-electron chi connectivity index (χ0n) is 17.7.